The van der Waals surface area contributed by atoms with Crippen molar-refractivity contribution in [1.82, 2.24) is 19.8 Å². The first-order chi connectivity index (χ1) is 12.6. The SMILES string of the molecule is CN=C(NCc1cccc(O)c1)N1CCN(c2nccn(C)c2=O)CC1.I. The minimum Gasteiger partial charge on any atom is -0.508 e. The number of phenols is 1. The minimum atomic E-state index is -0.0765. The molecule has 1 aromatic heterocycles. The molecular weight excluding hydrogens is 459 g/mol. The minimum absolute atomic E-state index is 0. The Bertz CT molecular complexity index is 846. The predicted molar refractivity (Wildman–Crippen MR) is 117 cm³/mol. The lowest BCUT2D eigenvalue weighted by Gasteiger charge is -2.36. The van der Waals surface area contributed by atoms with E-state index in [4.69, 9.17) is 0 Å². The standard InChI is InChI=1S/C18H24N6O2.HI/c1-19-18(21-13-14-4-3-5-15(25)12-14)24-10-8-23(9-11-24)16-17(26)22(2)7-6-20-16;/h3-7,12,25H,8-11,13H2,1-2H3,(H,19,21);1H. The number of phenolic OH excluding ortho intramolecular Hbond substituents is 1. The smallest absolute Gasteiger partial charge is 0.293 e. The number of hydrogen-bond acceptors (Lipinski definition) is 5. The van der Waals surface area contributed by atoms with Gasteiger partial charge in [-0.3, -0.25) is 9.79 Å². The molecule has 1 aliphatic rings. The predicted octanol–water partition coefficient (Wildman–Crippen LogP) is 1.00. The number of hydrogen-bond donors (Lipinski definition) is 2. The van der Waals surface area contributed by atoms with Crippen LogP contribution in [0.5, 0.6) is 5.75 Å². The van der Waals surface area contributed by atoms with Gasteiger partial charge in [0, 0.05) is 59.2 Å². The largest absolute Gasteiger partial charge is 0.508 e. The van der Waals surface area contributed by atoms with Gasteiger partial charge < -0.3 is 24.8 Å². The highest BCUT2D eigenvalue weighted by molar-refractivity contribution is 14.0. The second-order valence-corrected chi connectivity index (χ2v) is 6.21. The van der Waals surface area contributed by atoms with E-state index in [0.29, 0.717) is 25.5 Å². The number of anilines is 1. The third-order valence-electron chi connectivity index (χ3n) is 4.45. The molecule has 0 amide bonds. The molecule has 1 aromatic carbocycles. The molecular formula is C18H25IN6O2. The second kappa shape index (κ2) is 9.58. The van der Waals surface area contributed by atoms with Crippen LogP contribution in [0.3, 0.4) is 0 Å². The lowest BCUT2D eigenvalue weighted by molar-refractivity contribution is 0.370. The molecule has 8 nitrogen and oxygen atoms in total. The highest BCUT2D eigenvalue weighted by Gasteiger charge is 2.22. The summed E-state index contributed by atoms with van der Waals surface area (Å²) < 4.78 is 1.55. The fraction of sp³-hybridized carbons (Fsp3) is 0.389. The van der Waals surface area contributed by atoms with Crippen molar-refractivity contribution in [3.8, 4) is 5.75 Å². The molecule has 0 radical (unpaired) electrons. The van der Waals surface area contributed by atoms with E-state index in [-0.39, 0.29) is 35.3 Å². The van der Waals surface area contributed by atoms with Crippen LogP contribution in [-0.2, 0) is 13.6 Å². The topological polar surface area (TPSA) is 86.0 Å². The van der Waals surface area contributed by atoms with Crippen LogP contribution in [0.4, 0.5) is 5.82 Å². The molecule has 0 atom stereocenters. The van der Waals surface area contributed by atoms with Gasteiger partial charge in [0.15, 0.2) is 11.8 Å². The quantitative estimate of drug-likeness (QED) is 0.384. The van der Waals surface area contributed by atoms with E-state index in [2.05, 4.69) is 20.2 Å². The molecule has 0 bridgehead atoms. The van der Waals surface area contributed by atoms with Gasteiger partial charge in [0.05, 0.1) is 0 Å². The Morgan fingerprint density at radius 3 is 2.70 bits per heavy atom. The summed E-state index contributed by atoms with van der Waals surface area (Å²) in [6.45, 7) is 3.50. The summed E-state index contributed by atoms with van der Waals surface area (Å²) in [5.41, 5.74) is 0.911. The lowest BCUT2D eigenvalue weighted by Crippen LogP contribution is -2.53. The molecule has 9 heteroatoms. The maximum atomic E-state index is 12.2. The van der Waals surface area contributed by atoms with Crippen LogP contribution < -0.4 is 15.8 Å². The lowest BCUT2D eigenvalue weighted by atomic mass is 10.2. The number of aromatic nitrogens is 2. The van der Waals surface area contributed by atoms with Crippen LogP contribution in [0.25, 0.3) is 0 Å². The number of aromatic hydroxyl groups is 1. The summed E-state index contributed by atoms with van der Waals surface area (Å²) >= 11 is 0. The molecule has 0 saturated carbocycles. The molecule has 2 heterocycles. The zero-order valence-electron chi connectivity index (χ0n) is 15.5. The normalized spacial score (nSPS) is 14.7. The number of guanidine groups is 1. The second-order valence-electron chi connectivity index (χ2n) is 6.21. The Morgan fingerprint density at radius 1 is 1.30 bits per heavy atom. The number of rotatable bonds is 3. The van der Waals surface area contributed by atoms with E-state index < -0.39 is 0 Å². The highest BCUT2D eigenvalue weighted by atomic mass is 127. The van der Waals surface area contributed by atoms with Gasteiger partial charge in [-0.1, -0.05) is 12.1 Å². The molecule has 27 heavy (non-hydrogen) atoms. The number of halogens is 1. The van der Waals surface area contributed by atoms with E-state index in [1.807, 2.05) is 17.0 Å². The Morgan fingerprint density at radius 2 is 2.04 bits per heavy atom. The van der Waals surface area contributed by atoms with E-state index in [0.717, 1.165) is 24.6 Å². The third-order valence-corrected chi connectivity index (χ3v) is 4.45. The van der Waals surface area contributed by atoms with Gasteiger partial charge in [-0.2, -0.15) is 0 Å². The number of aliphatic imine (C=N–C) groups is 1. The van der Waals surface area contributed by atoms with E-state index >= 15 is 0 Å². The Balaban J connectivity index is 0.00000261. The number of nitrogens with zero attached hydrogens (tertiary/aromatic N) is 5. The van der Waals surface area contributed by atoms with Crippen LogP contribution in [0, 0.1) is 0 Å². The summed E-state index contributed by atoms with van der Waals surface area (Å²) in [7, 11) is 3.49. The van der Waals surface area contributed by atoms with Crippen molar-refractivity contribution in [3.05, 3.63) is 52.6 Å². The number of aryl methyl sites for hydroxylation is 1. The first-order valence-electron chi connectivity index (χ1n) is 8.58. The molecule has 1 fully saturated rings. The summed E-state index contributed by atoms with van der Waals surface area (Å²) in [5, 5.41) is 12.9. The monoisotopic (exact) mass is 484 g/mol. The molecule has 0 unspecified atom stereocenters. The van der Waals surface area contributed by atoms with Crippen LogP contribution in [0.2, 0.25) is 0 Å². The van der Waals surface area contributed by atoms with Crippen LogP contribution in [0.15, 0.2) is 46.4 Å². The van der Waals surface area contributed by atoms with Gasteiger partial charge in [0.25, 0.3) is 5.56 Å². The van der Waals surface area contributed by atoms with E-state index in [1.54, 1.807) is 43.2 Å². The Kier molecular flexibility index (Phi) is 7.45. The first kappa shape index (κ1) is 21.0. The van der Waals surface area contributed by atoms with Crippen molar-refractivity contribution >= 4 is 35.8 Å². The fourth-order valence-electron chi connectivity index (χ4n) is 3.01. The molecule has 1 aliphatic heterocycles. The number of piperazine rings is 1. The zero-order chi connectivity index (χ0) is 18.5. The van der Waals surface area contributed by atoms with E-state index in [1.165, 1.54) is 0 Å². The van der Waals surface area contributed by atoms with Crippen molar-refractivity contribution in [2.75, 3.05) is 38.1 Å². The summed E-state index contributed by atoms with van der Waals surface area (Å²) in [5.74, 6) is 1.56. The maximum Gasteiger partial charge on any atom is 0.293 e. The highest BCUT2D eigenvalue weighted by Crippen LogP contribution is 2.11. The molecule has 0 spiro atoms. The molecule has 2 aromatic rings. The fourth-order valence-corrected chi connectivity index (χ4v) is 3.01. The van der Waals surface area contributed by atoms with Gasteiger partial charge >= 0.3 is 0 Å². The van der Waals surface area contributed by atoms with Crippen molar-refractivity contribution in [2.45, 2.75) is 6.54 Å². The number of nitrogens with one attached hydrogen (secondary N) is 1. The Labute approximate surface area is 175 Å². The number of benzene rings is 1. The molecule has 1 saturated heterocycles. The maximum absolute atomic E-state index is 12.2. The van der Waals surface area contributed by atoms with Crippen LogP contribution >= 0.6 is 24.0 Å². The first-order valence-corrected chi connectivity index (χ1v) is 8.58. The summed E-state index contributed by atoms with van der Waals surface area (Å²) in [4.78, 5) is 25.0. The summed E-state index contributed by atoms with van der Waals surface area (Å²) in [6.07, 6.45) is 3.31. The molecule has 0 aliphatic carbocycles. The third kappa shape index (κ3) is 5.12. The van der Waals surface area contributed by atoms with Gasteiger partial charge in [-0.15, -0.1) is 24.0 Å². The van der Waals surface area contributed by atoms with Crippen molar-refractivity contribution in [2.24, 2.45) is 12.0 Å². The average Bonchev–Trinajstić information content (AvgIpc) is 2.65. The van der Waals surface area contributed by atoms with Crippen molar-refractivity contribution < 1.29 is 5.11 Å². The van der Waals surface area contributed by atoms with Crippen molar-refractivity contribution in [3.63, 3.8) is 0 Å². The van der Waals surface area contributed by atoms with Gasteiger partial charge in [-0.25, -0.2) is 4.98 Å². The van der Waals surface area contributed by atoms with Crippen LogP contribution in [0.1, 0.15) is 5.56 Å². The van der Waals surface area contributed by atoms with Gasteiger partial charge in [-0.05, 0) is 17.7 Å². The average molecular weight is 484 g/mol. The van der Waals surface area contributed by atoms with Crippen LogP contribution in [-0.4, -0.2) is 58.7 Å². The van der Waals surface area contributed by atoms with Gasteiger partial charge in [0.2, 0.25) is 0 Å². The zero-order valence-corrected chi connectivity index (χ0v) is 17.8. The Hall–Kier alpha value is -2.30. The molecule has 2 N–H and O–H groups in total. The van der Waals surface area contributed by atoms with E-state index in [9.17, 15) is 9.90 Å². The molecule has 3 rings (SSSR count). The molecule has 146 valence electrons. The van der Waals surface area contributed by atoms with Gasteiger partial charge in [0.1, 0.15) is 5.75 Å². The van der Waals surface area contributed by atoms with Crippen molar-refractivity contribution in [1.29, 1.82) is 0 Å². The summed E-state index contributed by atoms with van der Waals surface area (Å²) in [6, 6.07) is 7.16.